The van der Waals surface area contributed by atoms with Crippen LogP contribution in [0.1, 0.15) is 72.8 Å². The van der Waals surface area contributed by atoms with Gasteiger partial charge in [-0.15, -0.1) is 0 Å². The summed E-state index contributed by atoms with van der Waals surface area (Å²) in [5.41, 5.74) is 3.06. The van der Waals surface area contributed by atoms with Gasteiger partial charge in [-0.05, 0) is 91.3 Å². The number of fused-ring (bicyclic) bond motifs is 3. The number of carbonyl (C=O) groups excluding carboxylic acids is 2. The lowest BCUT2D eigenvalue weighted by Crippen LogP contribution is -2.70. The summed E-state index contributed by atoms with van der Waals surface area (Å²) < 4.78 is 28.7. The van der Waals surface area contributed by atoms with Crippen molar-refractivity contribution in [1.82, 2.24) is 15.2 Å². The molecule has 0 bridgehead atoms. The van der Waals surface area contributed by atoms with Crippen molar-refractivity contribution in [1.29, 1.82) is 0 Å². The van der Waals surface area contributed by atoms with Crippen molar-refractivity contribution in [3.05, 3.63) is 94.2 Å². The number of hydrogen-bond donors (Lipinski definition) is 2. The van der Waals surface area contributed by atoms with Crippen LogP contribution in [-0.2, 0) is 33.4 Å². The summed E-state index contributed by atoms with van der Waals surface area (Å²) in [6, 6.07) is 14.1. The maximum atomic E-state index is 14.4. The number of nitrogens with one attached hydrogen (secondary N) is 2. The summed E-state index contributed by atoms with van der Waals surface area (Å²) in [6.07, 6.45) is 7.57. The topological polar surface area (TPSA) is 74.3 Å². The molecule has 2 N–H and O–H groups in total. The fourth-order valence-electron chi connectivity index (χ4n) is 8.38. The zero-order chi connectivity index (χ0) is 28.9. The summed E-state index contributed by atoms with van der Waals surface area (Å²) in [6.45, 7) is 2.93. The van der Waals surface area contributed by atoms with Crippen LogP contribution in [0.5, 0.6) is 0 Å². The van der Waals surface area contributed by atoms with Crippen molar-refractivity contribution >= 4 is 17.6 Å². The standard InChI is InChI=1S/C34H34F2N4O2/c1-32(24-13-25(35)15-26(36)14-24)19-38-34(8-2-3-9-34)31(42)40(32)18-23-12-27(23)20-6-7-21-16-33(17-22(21)11-20)28-5-4-10-37-29(28)39-30(33)41/h4-7,10-11,13-15,23,27,38H,2-3,8-9,12,16-19H2,1H3,(H,37,39,41)/t23?,27?,32-,33+/m0/s1. The van der Waals surface area contributed by atoms with Gasteiger partial charge < -0.3 is 15.5 Å². The molecule has 8 heteroatoms. The van der Waals surface area contributed by atoms with Crippen LogP contribution in [0.25, 0.3) is 0 Å². The van der Waals surface area contributed by atoms with E-state index in [1.165, 1.54) is 28.8 Å². The van der Waals surface area contributed by atoms with Gasteiger partial charge in [0.15, 0.2) is 0 Å². The number of piperazine rings is 1. The number of anilines is 1. The van der Waals surface area contributed by atoms with E-state index in [-0.39, 0.29) is 17.7 Å². The third-order valence-electron chi connectivity index (χ3n) is 10.9. The van der Waals surface area contributed by atoms with Gasteiger partial charge in [-0.1, -0.05) is 37.1 Å². The molecule has 2 spiro atoms. The molecule has 3 aliphatic carbocycles. The Morgan fingerprint density at radius 1 is 1.00 bits per heavy atom. The Hall–Kier alpha value is -3.65. The maximum absolute atomic E-state index is 14.4. The van der Waals surface area contributed by atoms with E-state index < -0.39 is 28.1 Å². The van der Waals surface area contributed by atoms with Crippen molar-refractivity contribution < 1.29 is 18.4 Å². The third-order valence-corrected chi connectivity index (χ3v) is 10.9. The predicted octanol–water partition coefficient (Wildman–Crippen LogP) is 5.11. The quantitative estimate of drug-likeness (QED) is 0.459. The van der Waals surface area contributed by atoms with E-state index in [1.54, 1.807) is 6.20 Å². The number of nitrogens with zero attached hydrogens (tertiary/aromatic N) is 2. The predicted molar refractivity (Wildman–Crippen MR) is 154 cm³/mol. The second-order valence-corrected chi connectivity index (χ2v) is 13.4. The fraction of sp³-hybridized carbons (Fsp3) is 0.441. The minimum Gasteiger partial charge on any atom is -0.330 e. The second kappa shape index (κ2) is 8.93. The maximum Gasteiger partial charge on any atom is 0.243 e. The summed E-state index contributed by atoms with van der Waals surface area (Å²) >= 11 is 0. The molecule has 2 amide bonds. The summed E-state index contributed by atoms with van der Waals surface area (Å²) in [5.74, 6) is 0.0394. The molecule has 42 heavy (non-hydrogen) atoms. The number of aromatic nitrogens is 1. The first kappa shape index (κ1) is 26.0. The highest BCUT2D eigenvalue weighted by Gasteiger charge is 2.56. The van der Waals surface area contributed by atoms with E-state index in [0.717, 1.165) is 43.7 Å². The lowest BCUT2D eigenvalue weighted by molar-refractivity contribution is -0.151. The molecule has 3 fully saturated rings. The van der Waals surface area contributed by atoms with Gasteiger partial charge >= 0.3 is 0 Å². The Balaban J connectivity index is 1.06. The van der Waals surface area contributed by atoms with Gasteiger partial charge in [-0.3, -0.25) is 9.59 Å². The van der Waals surface area contributed by atoms with E-state index in [2.05, 4.69) is 33.8 Å². The Labute approximate surface area is 243 Å². The first-order valence-electron chi connectivity index (χ1n) is 15.1. The monoisotopic (exact) mass is 568 g/mol. The van der Waals surface area contributed by atoms with E-state index in [1.807, 2.05) is 24.0 Å². The number of rotatable bonds is 4. The molecule has 3 heterocycles. The number of hydrogen-bond acceptors (Lipinski definition) is 4. The highest BCUT2D eigenvalue weighted by Crippen LogP contribution is 2.53. The largest absolute Gasteiger partial charge is 0.330 e. The first-order valence-corrected chi connectivity index (χ1v) is 15.1. The van der Waals surface area contributed by atoms with Crippen LogP contribution in [0, 0.1) is 17.6 Å². The Morgan fingerprint density at radius 3 is 2.55 bits per heavy atom. The van der Waals surface area contributed by atoms with E-state index >= 15 is 0 Å². The molecule has 2 aromatic carbocycles. The van der Waals surface area contributed by atoms with Crippen LogP contribution in [0.4, 0.5) is 14.6 Å². The van der Waals surface area contributed by atoms with Crippen molar-refractivity contribution in [2.24, 2.45) is 5.92 Å². The van der Waals surface area contributed by atoms with E-state index in [4.69, 9.17) is 0 Å². The van der Waals surface area contributed by atoms with Crippen molar-refractivity contribution in [3.8, 4) is 0 Å². The molecule has 1 saturated heterocycles. The molecule has 5 aliphatic rings. The molecule has 2 saturated carbocycles. The third kappa shape index (κ3) is 3.73. The van der Waals surface area contributed by atoms with Crippen molar-refractivity contribution in [2.45, 2.75) is 74.3 Å². The SMILES string of the molecule is C[C@@]1(c2cc(F)cc(F)c2)CNC2(CCCC2)C(=O)N1CC1CC1c1ccc2c(c1)C[C@@]1(C2)C(=O)Nc2ncccc21. The summed E-state index contributed by atoms with van der Waals surface area (Å²) in [7, 11) is 0. The van der Waals surface area contributed by atoms with Gasteiger partial charge in [-0.2, -0.15) is 0 Å². The van der Waals surface area contributed by atoms with Crippen molar-refractivity contribution in [2.75, 3.05) is 18.4 Å². The molecule has 2 aliphatic heterocycles. The smallest absolute Gasteiger partial charge is 0.243 e. The number of pyridine rings is 1. The van der Waals surface area contributed by atoms with Crippen LogP contribution < -0.4 is 10.6 Å². The molecule has 1 aromatic heterocycles. The molecule has 2 unspecified atom stereocenters. The average Bonchev–Trinajstić information content (AvgIpc) is 3.28. The molecular formula is C34H34F2N4O2. The van der Waals surface area contributed by atoms with Crippen LogP contribution in [-0.4, -0.2) is 40.3 Å². The van der Waals surface area contributed by atoms with Gasteiger partial charge in [0.05, 0.1) is 16.5 Å². The fourth-order valence-corrected chi connectivity index (χ4v) is 8.38. The summed E-state index contributed by atoms with van der Waals surface area (Å²) in [5, 5.41) is 6.51. The van der Waals surface area contributed by atoms with Crippen LogP contribution in [0.3, 0.4) is 0 Å². The molecule has 8 rings (SSSR count). The molecule has 3 aromatic rings. The lowest BCUT2D eigenvalue weighted by atomic mass is 9.79. The minimum absolute atomic E-state index is 0.0179. The van der Waals surface area contributed by atoms with Gasteiger partial charge in [0.2, 0.25) is 11.8 Å². The molecule has 6 nitrogen and oxygen atoms in total. The normalized spacial score (nSPS) is 30.6. The summed E-state index contributed by atoms with van der Waals surface area (Å²) in [4.78, 5) is 33.6. The first-order chi connectivity index (χ1) is 20.2. The number of halogens is 2. The highest BCUT2D eigenvalue weighted by atomic mass is 19.1. The van der Waals surface area contributed by atoms with Crippen LogP contribution in [0.15, 0.2) is 54.7 Å². The van der Waals surface area contributed by atoms with Gasteiger partial charge in [0.1, 0.15) is 17.5 Å². The lowest BCUT2D eigenvalue weighted by Gasteiger charge is -2.52. The van der Waals surface area contributed by atoms with Gasteiger partial charge in [0.25, 0.3) is 0 Å². The van der Waals surface area contributed by atoms with Gasteiger partial charge in [0, 0.05) is 30.9 Å². The number of benzene rings is 2. The zero-order valence-electron chi connectivity index (χ0n) is 23.7. The van der Waals surface area contributed by atoms with Gasteiger partial charge in [-0.25, -0.2) is 13.8 Å². The molecule has 4 atom stereocenters. The number of carbonyl (C=O) groups is 2. The van der Waals surface area contributed by atoms with Crippen LogP contribution >= 0.6 is 0 Å². The Morgan fingerprint density at radius 2 is 1.76 bits per heavy atom. The zero-order valence-corrected chi connectivity index (χ0v) is 23.7. The number of amides is 2. The Bertz CT molecular complexity index is 1630. The molecule has 216 valence electrons. The van der Waals surface area contributed by atoms with E-state index in [9.17, 15) is 18.4 Å². The average molecular weight is 569 g/mol. The Kier molecular flexibility index (Phi) is 5.53. The second-order valence-electron chi connectivity index (χ2n) is 13.4. The van der Waals surface area contributed by atoms with E-state index in [0.29, 0.717) is 43.2 Å². The van der Waals surface area contributed by atoms with Crippen molar-refractivity contribution in [3.63, 3.8) is 0 Å². The van der Waals surface area contributed by atoms with Crippen LogP contribution in [0.2, 0.25) is 0 Å². The molecule has 0 radical (unpaired) electrons. The minimum atomic E-state index is -0.859. The highest BCUT2D eigenvalue weighted by molar-refractivity contribution is 6.06. The molecular weight excluding hydrogens is 534 g/mol.